The molecule has 9 heteroatoms. The minimum Gasteiger partial charge on any atom is -0.376 e. The molecule has 0 radical (unpaired) electrons. The molecule has 6 rings (SSSR count). The van der Waals surface area contributed by atoms with Crippen LogP contribution in [0.5, 0.6) is 0 Å². The third-order valence-electron chi connectivity index (χ3n) is 9.11. The highest BCUT2D eigenvalue weighted by Gasteiger charge is 2.38. The summed E-state index contributed by atoms with van der Waals surface area (Å²) in [4.78, 5) is 44.2. The first-order valence-electron chi connectivity index (χ1n) is 16.3. The first-order valence-corrected chi connectivity index (χ1v) is 16.3. The average Bonchev–Trinajstić information content (AvgIpc) is 3.80. The number of amides is 2. The van der Waals surface area contributed by atoms with Crippen molar-refractivity contribution in [2.75, 3.05) is 24.6 Å². The number of aromatic amines is 1. The van der Waals surface area contributed by atoms with Gasteiger partial charge in [-0.3, -0.25) is 24.4 Å². The van der Waals surface area contributed by atoms with Crippen molar-refractivity contribution in [1.29, 1.82) is 0 Å². The van der Waals surface area contributed by atoms with E-state index < -0.39 is 6.04 Å². The van der Waals surface area contributed by atoms with Crippen LogP contribution in [0.25, 0.3) is 0 Å². The van der Waals surface area contributed by atoms with Gasteiger partial charge in [0.2, 0.25) is 5.91 Å². The second-order valence-electron chi connectivity index (χ2n) is 13.4. The molecule has 0 bridgehead atoms. The number of carbonyl (C=O) groups is 2. The molecule has 9 nitrogen and oxygen atoms in total. The molecule has 0 spiro atoms. The maximum Gasteiger partial charge on any atom is 0.279 e. The van der Waals surface area contributed by atoms with Crippen molar-refractivity contribution in [1.82, 2.24) is 25.2 Å². The zero-order valence-corrected chi connectivity index (χ0v) is 26.9. The Hall–Kier alpha value is -4.34. The summed E-state index contributed by atoms with van der Waals surface area (Å²) in [5.74, 6) is -0.626. The van der Waals surface area contributed by atoms with Crippen LogP contribution in [0, 0.1) is 0 Å². The van der Waals surface area contributed by atoms with Gasteiger partial charge < -0.3 is 15.0 Å². The molecule has 2 aliphatic heterocycles. The second-order valence-corrected chi connectivity index (χ2v) is 13.4. The number of ether oxygens (including phenoxy) is 1. The van der Waals surface area contributed by atoms with Crippen molar-refractivity contribution in [3.63, 3.8) is 0 Å². The number of nitrogens with one attached hydrogen (secondary N) is 2. The molecule has 4 heterocycles. The summed E-state index contributed by atoms with van der Waals surface area (Å²) >= 11 is 0. The van der Waals surface area contributed by atoms with Gasteiger partial charge in [0.15, 0.2) is 0 Å². The maximum atomic E-state index is 14.5. The lowest BCUT2D eigenvalue weighted by atomic mass is 9.87. The Bertz CT molecular complexity index is 1570. The number of imidazole rings is 1. The summed E-state index contributed by atoms with van der Waals surface area (Å²) in [5.41, 5.74) is 3.77. The summed E-state index contributed by atoms with van der Waals surface area (Å²) in [7, 11) is 0. The van der Waals surface area contributed by atoms with E-state index in [1.165, 1.54) is 11.9 Å². The number of piperidine rings is 1. The van der Waals surface area contributed by atoms with Crippen molar-refractivity contribution < 1.29 is 14.3 Å². The third kappa shape index (κ3) is 7.06. The fourth-order valence-corrected chi connectivity index (χ4v) is 6.78. The summed E-state index contributed by atoms with van der Waals surface area (Å²) in [6.45, 7) is 8.85. The van der Waals surface area contributed by atoms with Crippen molar-refractivity contribution in [2.45, 2.75) is 76.1 Å². The SMILES string of the molecule is CC(C)(C)c1ccc(N(C(=O)c2c[nH]cn2)C(C(=O)NC2CCCN(C(c3ccccc3)C3CCCO3)C2)c2cccnc2)cc1. The number of hydrogen-bond donors (Lipinski definition) is 2. The molecular weight excluding hydrogens is 576 g/mol. The molecule has 2 aliphatic rings. The van der Waals surface area contributed by atoms with E-state index >= 15 is 0 Å². The Kier molecular flexibility index (Phi) is 9.61. The topological polar surface area (TPSA) is 103 Å². The van der Waals surface area contributed by atoms with E-state index in [1.54, 1.807) is 29.6 Å². The van der Waals surface area contributed by atoms with Crippen LogP contribution >= 0.6 is 0 Å². The highest BCUT2D eigenvalue weighted by molar-refractivity contribution is 6.09. The first kappa shape index (κ1) is 31.6. The van der Waals surface area contributed by atoms with Gasteiger partial charge in [-0.1, -0.05) is 69.3 Å². The Morgan fingerprint density at radius 1 is 1.00 bits per heavy atom. The summed E-state index contributed by atoms with van der Waals surface area (Å²) < 4.78 is 6.22. The predicted octanol–water partition coefficient (Wildman–Crippen LogP) is 5.99. The van der Waals surface area contributed by atoms with Crippen LogP contribution < -0.4 is 10.2 Å². The van der Waals surface area contributed by atoms with Gasteiger partial charge in [-0.15, -0.1) is 0 Å². The molecule has 2 amide bonds. The van der Waals surface area contributed by atoms with E-state index in [2.05, 4.69) is 70.2 Å². The Morgan fingerprint density at radius 2 is 1.78 bits per heavy atom. The van der Waals surface area contributed by atoms with Gasteiger partial charge in [0.25, 0.3) is 5.91 Å². The van der Waals surface area contributed by atoms with E-state index in [9.17, 15) is 9.59 Å². The lowest BCUT2D eigenvalue weighted by Crippen LogP contribution is -2.53. The van der Waals surface area contributed by atoms with Crippen molar-refractivity contribution in [3.8, 4) is 0 Å². The molecule has 2 aromatic carbocycles. The van der Waals surface area contributed by atoms with E-state index in [1.807, 2.05) is 36.4 Å². The first-order chi connectivity index (χ1) is 22.3. The third-order valence-corrected chi connectivity index (χ3v) is 9.11. The molecule has 46 heavy (non-hydrogen) atoms. The molecule has 240 valence electrons. The maximum absolute atomic E-state index is 14.5. The van der Waals surface area contributed by atoms with Gasteiger partial charge in [-0.25, -0.2) is 4.98 Å². The number of rotatable bonds is 9. The molecule has 4 atom stereocenters. The van der Waals surface area contributed by atoms with E-state index in [4.69, 9.17) is 4.74 Å². The lowest BCUT2D eigenvalue weighted by molar-refractivity contribution is -0.123. The van der Waals surface area contributed by atoms with E-state index in [-0.39, 0.29) is 41.1 Å². The van der Waals surface area contributed by atoms with Gasteiger partial charge >= 0.3 is 0 Å². The second kappa shape index (κ2) is 14.0. The quantitative estimate of drug-likeness (QED) is 0.238. The molecule has 4 aromatic rings. The summed E-state index contributed by atoms with van der Waals surface area (Å²) in [5, 5.41) is 3.36. The van der Waals surface area contributed by atoms with E-state index in [0.717, 1.165) is 44.4 Å². The minimum atomic E-state index is -0.961. The van der Waals surface area contributed by atoms with Crippen LogP contribution in [-0.4, -0.2) is 63.5 Å². The van der Waals surface area contributed by atoms with Gasteiger partial charge in [-0.05, 0) is 67.0 Å². The predicted molar refractivity (Wildman–Crippen MR) is 178 cm³/mol. The van der Waals surface area contributed by atoms with Crippen LogP contribution in [0.2, 0.25) is 0 Å². The molecular formula is C37H44N6O3. The van der Waals surface area contributed by atoms with Crippen molar-refractivity contribution >= 4 is 17.5 Å². The molecule has 2 N–H and O–H groups in total. The Balaban J connectivity index is 1.31. The lowest BCUT2D eigenvalue weighted by Gasteiger charge is -2.41. The van der Waals surface area contributed by atoms with Gasteiger partial charge in [0, 0.05) is 49.0 Å². The number of anilines is 1. The van der Waals surface area contributed by atoms with Crippen LogP contribution in [-0.2, 0) is 14.9 Å². The van der Waals surface area contributed by atoms with Crippen LogP contribution in [0.3, 0.4) is 0 Å². The number of hydrogen-bond acceptors (Lipinski definition) is 6. The zero-order chi connectivity index (χ0) is 32.1. The van der Waals surface area contributed by atoms with Gasteiger partial charge in [-0.2, -0.15) is 0 Å². The number of pyridine rings is 1. The van der Waals surface area contributed by atoms with Crippen molar-refractivity contribution in [3.05, 3.63) is 114 Å². The molecule has 2 fully saturated rings. The van der Waals surface area contributed by atoms with Gasteiger partial charge in [0.1, 0.15) is 11.7 Å². The Morgan fingerprint density at radius 3 is 2.43 bits per heavy atom. The fourth-order valence-electron chi connectivity index (χ4n) is 6.78. The number of H-pyrrole nitrogens is 1. The highest BCUT2D eigenvalue weighted by Crippen LogP contribution is 2.35. The largest absolute Gasteiger partial charge is 0.376 e. The average molecular weight is 621 g/mol. The van der Waals surface area contributed by atoms with E-state index in [0.29, 0.717) is 17.8 Å². The molecule has 0 saturated carbocycles. The summed E-state index contributed by atoms with van der Waals surface area (Å²) in [6.07, 6.45) is 10.4. The normalized spacial score (nSPS) is 20.2. The van der Waals surface area contributed by atoms with Crippen LogP contribution in [0.15, 0.2) is 91.6 Å². The van der Waals surface area contributed by atoms with Crippen LogP contribution in [0.1, 0.15) is 85.7 Å². The molecule has 2 saturated heterocycles. The molecule has 2 aromatic heterocycles. The summed E-state index contributed by atoms with van der Waals surface area (Å²) in [6, 6.07) is 21.1. The number of benzene rings is 2. The Labute approximate surface area is 271 Å². The number of aromatic nitrogens is 3. The number of carbonyl (C=O) groups excluding carboxylic acids is 2. The van der Waals surface area contributed by atoms with Gasteiger partial charge in [0.05, 0.1) is 18.5 Å². The monoisotopic (exact) mass is 620 g/mol. The smallest absolute Gasteiger partial charge is 0.279 e. The highest BCUT2D eigenvalue weighted by atomic mass is 16.5. The standard InChI is InChI=1S/C37H44N6O3/c1-37(2,3)28-15-17-30(18-16-28)43(36(45)31-23-39-25-40-31)34(27-12-7-19-38-22-27)35(44)41-29-13-8-20-42(24-29)33(32-14-9-21-46-32)26-10-5-4-6-11-26/h4-7,10-12,15-19,22-23,25,29,32-34H,8-9,13-14,20-21,24H2,1-3H3,(H,39,40)(H,41,44). The van der Waals surface area contributed by atoms with Crippen LogP contribution in [0.4, 0.5) is 5.69 Å². The number of likely N-dealkylation sites (tertiary alicyclic amines) is 1. The molecule has 4 unspecified atom stereocenters. The molecule has 0 aliphatic carbocycles. The number of nitrogens with zero attached hydrogens (tertiary/aromatic N) is 4. The zero-order valence-electron chi connectivity index (χ0n) is 26.9. The fraction of sp³-hybridized carbons (Fsp3) is 0.405. The van der Waals surface area contributed by atoms with Crippen molar-refractivity contribution in [2.24, 2.45) is 0 Å². The minimum absolute atomic E-state index is 0.0658.